The van der Waals surface area contributed by atoms with E-state index in [1.807, 2.05) is 57.2 Å². The van der Waals surface area contributed by atoms with Crippen molar-refractivity contribution in [3.05, 3.63) is 80.2 Å². The summed E-state index contributed by atoms with van der Waals surface area (Å²) in [5.41, 5.74) is 4.95. The fourth-order valence-electron chi connectivity index (χ4n) is 4.68. The van der Waals surface area contributed by atoms with Gasteiger partial charge >= 0.3 is 0 Å². The van der Waals surface area contributed by atoms with Gasteiger partial charge in [0.2, 0.25) is 5.76 Å². The Bertz CT molecular complexity index is 1240. The van der Waals surface area contributed by atoms with Crippen molar-refractivity contribution in [1.82, 2.24) is 9.80 Å². The summed E-state index contributed by atoms with van der Waals surface area (Å²) in [7, 11) is 0. The molecule has 0 spiro atoms. The summed E-state index contributed by atoms with van der Waals surface area (Å²) in [6, 6.07) is 11.4. The zero-order chi connectivity index (χ0) is 22.4. The van der Waals surface area contributed by atoms with Crippen molar-refractivity contribution in [2.45, 2.75) is 26.8 Å². The molecule has 2 aliphatic heterocycles. The molecule has 0 saturated carbocycles. The number of ether oxygens (including phenoxy) is 1. The normalized spacial score (nSPS) is 19.0. The fourth-order valence-corrected chi connectivity index (χ4v) is 4.68. The number of hydrogen-bond donors (Lipinski definition) is 0. The molecule has 1 fully saturated rings. The molecule has 2 aliphatic rings. The van der Waals surface area contributed by atoms with Crippen LogP contribution in [0.25, 0.3) is 11.0 Å². The van der Waals surface area contributed by atoms with Crippen molar-refractivity contribution in [3.8, 4) is 0 Å². The number of morpholine rings is 1. The van der Waals surface area contributed by atoms with Crippen LogP contribution in [0.15, 0.2) is 45.6 Å². The first kappa shape index (κ1) is 20.9. The van der Waals surface area contributed by atoms with E-state index in [4.69, 9.17) is 9.15 Å². The van der Waals surface area contributed by atoms with Gasteiger partial charge in [-0.2, -0.15) is 0 Å². The summed E-state index contributed by atoms with van der Waals surface area (Å²) in [5, 5.41) is 0.534. The minimum atomic E-state index is -0.443. The molecule has 1 aromatic heterocycles. The summed E-state index contributed by atoms with van der Waals surface area (Å²) in [6.07, 6.45) is 0. The van der Waals surface area contributed by atoms with Crippen LogP contribution in [-0.2, 0) is 4.74 Å². The number of carbonyl (C=O) groups excluding carboxylic acids is 1. The van der Waals surface area contributed by atoms with Crippen LogP contribution in [0.5, 0.6) is 0 Å². The molecule has 1 atom stereocenters. The lowest BCUT2D eigenvalue weighted by Crippen LogP contribution is -2.42. The first-order chi connectivity index (χ1) is 15.4. The van der Waals surface area contributed by atoms with Crippen LogP contribution in [0.2, 0.25) is 0 Å². The van der Waals surface area contributed by atoms with Gasteiger partial charge in [0.05, 0.1) is 30.2 Å². The number of benzene rings is 2. The highest BCUT2D eigenvalue weighted by molar-refractivity contribution is 5.99. The third-order valence-electron chi connectivity index (χ3n) is 6.74. The van der Waals surface area contributed by atoms with E-state index in [0.717, 1.165) is 41.9 Å². The number of rotatable bonds is 4. The van der Waals surface area contributed by atoms with Gasteiger partial charge in [-0.3, -0.25) is 14.5 Å². The summed E-state index contributed by atoms with van der Waals surface area (Å²) < 4.78 is 11.6. The van der Waals surface area contributed by atoms with Crippen molar-refractivity contribution in [2.75, 3.05) is 39.4 Å². The second-order valence-electron chi connectivity index (χ2n) is 8.87. The van der Waals surface area contributed by atoms with Crippen molar-refractivity contribution in [1.29, 1.82) is 0 Å². The number of carbonyl (C=O) groups is 1. The van der Waals surface area contributed by atoms with E-state index < -0.39 is 6.04 Å². The minimum absolute atomic E-state index is 0.114. The molecular weight excluding hydrogens is 404 g/mol. The van der Waals surface area contributed by atoms with E-state index in [-0.39, 0.29) is 17.1 Å². The first-order valence-electron chi connectivity index (χ1n) is 11.2. The Morgan fingerprint density at radius 2 is 1.62 bits per heavy atom. The van der Waals surface area contributed by atoms with Gasteiger partial charge in [0, 0.05) is 26.2 Å². The van der Waals surface area contributed by atoms with Crippen molar-refractivity contribution < 1.29 is 13.9 Å². The lowest BCUT2D eigenvalue weighted by molar-refractivity contribution is 0.0314. The second-order valence-corrected chi connectivity index (χ2v) is 8.87. The number of amides is 1. The molecule has 0 bridgehead atoms. The molecule has 5 rings (SSSR count). The summed E-state index contributed by atoms with van der Waals surface area (Å²) in [6.45, 7) is 10.4. The van der Waals surface area contributed by atoms with Gasteiger partial charge in [0.25, 0.3) is 5.91 Å². The fraction of sp³-hybridized carbons (Fsp3) is 0.385. The Balaban J connectivity index is 1.62. The predicted molar refractivity (Wildman–Crippen MR) is 123 cm³/mol. The van der Waals surface area contributed by atoms with Crippen molar-refractivity contribution in [3.63, 3.8) is 0 Å². The second kappa shape index (κ2) is 8.19. The maximum Gasteiger partial charge on any atom is 0.290 e. The standard InChI is InChI=1S/C26H28N2O4/c1-16-4-6-19(7-5-16)23-22-24(29)20-14-17(2)18(3)15-21(20)32-25(22)26(30)28(23)9-8-27-10-12-31-13-11-27/h4-7,14-15,23H,8-13H2,1-3H3. The molecule has 6 heteroatoms. The highest BCUT2D eigenvalue weighted by atomic mass is 16.5. The van der Waals surface area contributed by atoms with Gasteiger partial charge in [-0.25, -0.2) is 0 Å². The monoisotopic (exact) mass is 432 g/mol. The van der Waals surface area contributed by atoms with Crippen molar-refractivity contribution >= 4 is 16.9 Å². The molecule has 0 radical (unpaired) electrons. The highest BCUT2D eigenvalue weighted by Crippen LogP contribution is 2.38. The molecule has 0 aliphatic carbocycles. The van der Waals surface area contributed by atoms with E-state index in [1.54, 1.807) is 4.90 Å². The van der Waals surface area contributed by atoms with Crippen LogP contribution in [0.3, 0.4) is 0 Å². The lowest BCUT2D eigenvalue weighted by atomic mass is 9.97. The van der Waals surface area contributed by atoms with E-state index in [1.165, 1.54) is 0 Å². The first-order valence-corrected chi connectivity index (χ1v) is 11.2. The number of nitrogens with zero attached hydrogens (tertiary/aromatic N) is 2. The van der Waals surface area contributed by atoms with Gasteiger partial charge in [-0.05, 0) is 49.6 Å². The van der Waals surface area contributed by atoms with E-state index >= 15 is 0 Å². The van der Waals surface area contributed by atoms with Crippen LogP contribution in [0.4, 0.5) is 0 Å². The van der Waals surface area contributed by atoms with E-state index in [0.29, 0.717) is 36.3 Å². The Morgan fingerprint density at radius 3 is 2.34 bits per heavy atom. The Kier molecular flexibility index (Phi) is 5.35. The van der Waals surface area contributed by atoms with Crippen LogP contribution in [0.1, 0.15) is 44.4 Å². The Morgan fingerprint density at radius 1 is 0.938 bits per heavy atom. The number of hydrogen-bond acceptors (Lipinski definition) is 5. The highest BCUT2D eigenvalue weighted by Gasteiger charge is 2.42. The van der Waals surface area contributed by atoms with Gasteiger partial charge < -0.3 is 14.1 Å². The molecular formula is C26H28N2O4. The number of fused-ring (bicyclic) bond motifs is 2. The summed E-state index contributed by atoms with van der Waals surface area (Å²) in [5.74, 6) is -0.0330. The van der Waals surface area contributed by atoms with Crippen LogP contribution in [0, 0.1) is 20.8 Å². The third-order valence-corrected chi connectivity index (χ3v) is 6.74. The molecule has 6 nitrogen and oxygen atoms in total. The third kappa shape index (κ3) is 3.53. The van der Waals surface area contributed by atoms with E-state index in [2.05, 4.69) is 4.90 Å². The molecule has 166 valence electrons. The van der Waals surface area contributed by atoms with Crippen LogP contribution in [-0.4, -0.2) is 55.1 Å². The zero-order valence-electron chi connectivity index (χ0n) is 18.8. The number of aryl methyl sites for hydroxylation is 3. The van der Waals surface area contributed by atoms with E-state index in [9.17, 15) is 9.59 Å². The van der Waals surface area contributed by atoms with Gasteiger partial charge in [0.15, 0.2) is 5.43 Å². The van der Waals surface area contributed by atoms with Crippen LogP contribution >= 0.6 is 0 Å². The van der Waals surface area contributed by atoms with Gasteiger partial charge in [-0.1, -0.05) is 29.8 Å². The maximum absolute atomic E-state index is 13.7. The zero-order valence-corrected chi connectivity index (χ0v) is 18.8. The molecule has 3 heterocycles. The average molecular weight is 433 g/mol. The molecule has 0 N–H and O–H groups in total. The van der Waals surface area contributed by atoms with Gasteiger partial charge in [-0.15, -0.1) is 0 Å². The molecule has 3 aromatic rings. The maximum atomic E-state index is 13.7. The van der Waals surface area contributed by atoms with Crippen LogP contribution < -0.4 is 5.43 Å². The van der Waals surface area contributed by atoms with Gasteiger partial charge in [0.1, 0.15) is 5.58 Å². The SMILES string of the molecule is Cc1ccc(C2c3c(oc4cc(C)c(C)cc4c3=O)C(=O)N2CCN2CCOCC2)cc1. The summed E-state index contributed by atoms with van der Waals surface area (Å²) in [4.78, 5) is 31.3. The largest absolute Gasteiger partial charge is 0.450 e. The van der Waals surface area contributed by atoms with Crippen molar-refractivity contribution in [2.24, 2.45) is 0 Å². The Labute approximate surface area is 187 Å². The summed E-state index contributed by atoms with van der Waals surface area (Å²) >= 11 is 0. The average Bonchev–Trinajstić information content (AvgIpc) is 3.07. The molecule has 2 aromatic carbocycles. The molecule has 1 saturated heterocycles. The lowest BCUT2D eigenvalue weighted by Gasteiger charge is -2.31. The Hall–Kier alpha value is -2.96. The minimum Gasteiger partial charge on any atom is -0.450 e. The quantitative estimate of drug-likeness (QED) is 0.630. The predicted octanol–water partition coefficient (Wildman–Crippen LogP) is 3.60. The molecule has 1 unspecified atom stereocenters. The topological polar surface area (TPSA) is 63.0 Å². The molecule has 32 heavy (non-hydrogen) atoms. The molecule has 1 amide bonds. The smallest absolute Gasteiger partial charge is 0.290 e.